The van der Waals surface area contributed by atoms with Gasteiger partial charge in [0.2, 0.25) is 0 Å². The van der Waals surface area contributed by atoms with Crippen molar-refractivity contribution >= 4 is 22.8 Å². The van der Waals surface area contributed by atoms with E-state index in [9.17, 15) is 35.9 Å². The highest BCUT2D eigenvalue weighted by atomic mass is 19.4. The van der Waals surface area contributed by atoms with E-state index in [1.165, 1.54) is 12.1 Å². The maximum Gasteiger partial charge on any atom is 0.490 e. The summed E-state index contributed by atoms with van der Waals surface area (Å²) < 4.78 is 90.5. The van der Waals surface area contributed by atoms with E-state index >= 15 is 0 Å². The van der Waals surface area contributed by atoms with Crippen LogP contribution in [0.3, 0.4) is 0 Å². The van der Waals surface area contributed by atoms with Gasteiger partial charge in [-0.1, -0.05) is 12.1 Å². The Hall–Kier alpha value is -3.94. The topological polar surface area (TPSA) is 105 Å². The summed E-state index contributed by atoms with van der Waals surface area (Å²) in [4.78, 5) is 23.1. The molecule has 0 aliphatic heterocycles. The number of nitrogens with zero attached hydrogens (tertiary/aromatic N) is 1. The summed E-state index contributed by atoms with van der Waals surface area (Å²) in [6.07, 6.45) is -7.27. The number of carbonyl (C=O) groups excluding carboxylic acids is 2. The normalized spacial score (nSPS) is 12.8. The molecule has 14 heteroatoms. The molecule has 0 spiro atoms. The zero-order valence-corrected chi connectivity index (χ0v) is 22.0. The molecular weight excluding hydrogens is 560 g/mol. The lowest BCUT2D eigenvalue weighted by Crippen LogP contribution is -2.32. The number of primary amides is 1. The highest BCUT2D eigenvalue weighted by Crippen LogP contribution is 2.28. The van der Waals surface area contributed by atoms with Crippen LogP contribution in [-0.4, -0.2) is 61.2 Å². The Bertz CT molecular complexity index is 1340. The Balaban J connectivity index is 1.55. The molecule has 8 nitrogen and oxygen atoms in total. The third-order valence-electron chi connectivity index (χ3n) is 5.83. The summed E-state index contributed by atoms with van der Waals surface area (Å²) in [5.41, 5.74) is 7.16. The van der Waals surface area contributed by atoms with Gasteiger partial charge in [-0.2, -0.15) is 26.3 Å². The number of rotatable bonds is 14. The van der Waals surface area contributed by atoms with Gasteiger partial charge in [0.15, 0.2) is 18.1 Å². The van der Waals surface area contributed by atoms with Crippen LogP contribution in [-0.2, 0) is 22.5 Å². The van der Waals surface area contributed by atoms with Crippen molar-refractivity contribution in [2.45, 2.75) is 44.7 Å². The van der Waals surface area contributed by atoms with E-state index in [4.69, 9.17) is 15.2 Å². The third-order valence-corrected chi connectivity index (χ3v) is 5.83. The molecule has 3 aromatic rings. The van der Waals surface area contributed by atoms with Crippen molar-refractivity contribution in [1.29, 1.82) is 0 Å². The smallest absolute Gasteiger partial charge is 0.488 e. The molecule has 3 rings (SSSR count). The molecule has 2 aromatic carbocycles. The summed E-state index contributed by atoms with van der Waals surface area (Å²) in [5.74, 6) is -2.77. The number of nitrogens with two attached hydrogens (primary N) is 1. The molecule has 1 atom stereocenters. The van der Waals surface area contributed by atoms with E-state index in [-0.39, 0.29) is 42.7 Å². The largest absolute Gasteiger partial charge is 0.490 e. The molecule has 3 N–H and O–H groups in total. The van der Waals surface area contributed by atoms with Gasteiger partial charge in [-0.3, -0.25) is 4.79 Å². The average Bonchev–Trinajstić information content (AvgIpc) is 3.29. The lowest BCUT2D eigenvalue weighted by atomic mass is 10.0. The number of halogens is 6. The fourth-order valence-electron chi connectivity index (χ4n) is 4.13. The first kappa shape index (κ1) is 31.6. The first-order valence-corrected chi connectivity index (χ1v) is 12.5. The number of hydrogen-bond donors (Lipinski definition) is 2. The fourth-order valence-corrected chi connectivity index (χ4v) is 4.13. The van der Waals surface area contributed by atoms with E-state index in [2.05, 4.69) is 10.1 Å². The quantitative estimate of drug-likeness (QED) is 0.159. The predicted octanol–water partition coefficient (Wildman–Crippen LogP) is 4.78. The Labute approximate surface area is 231 Å². The SMILES string of the molecule is CC(Cc1cc(C(N)=O)c2c(ccn2CCCOC(=O)C(F)(F)F)c1)NCCOc1ccccc1OCC(F)(F)F. The molecule has 41 heavy (non-hydrogen) atoms. The first-order valence-electron chi connectivity index (χ1n) is 12.5. The lowest BCUT2D eigenvalue weighted by Gasteiger charge is -2.17. The van der Waals surface area contributed by atoms with Crippen molar-refractivity contribution in [3.05, 3.63) is 59.8 Å². The number of aromatic nitrogens is 1. The molecule has 0 fully saturated rings. The second-order valence-corrected chi connectivity index (χ2v) is 9.20. The van der Waals surface area contributed by atoms with Gasteiger partial charge in [-0.05, 0) is 55.7 Å². The van der Waals surface area contributed by atoms with Gasteiger partial charge in [0.25, 0.3) is 5.91 Å². The molecule has 0 aliphatic rings. The van der Waals surface area contributed by atoms with Gasteiger partial charge in [-0.15, -0.1) is 0 Å². The minimum absolute atomic E-state index is 0.0144. The lowest BCUT2D eigenvalue weighted by molar-refractivity contribution is -0.199. The van der Waals surface area contributed by atoms with Crippen LogP contribution in [0.15, 0.2) is 48.7 Å². The summed E-state index contributed by atoms with van der Waals surface area (Å²) in [7, 11) is 0. The van der Waals surface area contributed by atoms with E-state index < -0.39 is 37.4 Å². The van der Waals surface area contributed by atoms with Gasteiger partial charge in [0.1, 0.15) is 6.61 Å². The number of ether oxygens (including phenoxy) is 3. The maximum absolute atomic E-state index is 12.5. The van der Waals surface area contributed by atoms with Gasteiger partial charge >= 0.3 is 18.3 Å². The van der Waals surface area contributed by atoms with Crippen LogP contribution in [0.5, 0.6) is 11.5 Å². The van der Waals surface area contributed by atoms with Crippen molar-refractivity contribution in [3.8, 4) is 11.5 Å². The molecule has 1 heterocycles. The van der Waals surface area contributed by atoms with Crippen LogP contribution in [0.25, 0.3) is 10.9 Å². The highest BCUT2D eigenvalue weighted by Gasteiger charge is 2.40. The van der Waals surface area contributed by atoms with Crippen LogP contribution >= 0.6 is 0 Å². The number of alkyl halides is 6. The molecule has 0 aliphatic carbocycles. The van der Waals surface area contributed by atoms with Crippen molar-refractivity contribution in [1.82, 2.24) is 9.88 Å². The van der Waals surface area contributed by atoms with Crippen molar-refractivity contribution in [3.63, 3.8) is 0 Å². The van der Waals surface area contributed by atoms with E-state index in [1.807, 2.05) is 13.0 Å². The van der Waals surface area contributed by atoms with E-state index in [1.54, 1.807) is 35.0 Å². The summed E-state index contributed by atoms with van der Waals surface area (Å²) in [6, 6.07) is 11.2. The minimum atomic E-state index is -5.06. The Morgan fingerprint density at radius 2 is 1.68 bits per heavy atom. The third kappa shape index (κ3) is 9.59. The summed E-state index contributed by atoms with van der Waals surface area (Å²) in [5, 5.41) is 3.95. The molecule has 1 unspecified atom stereocenters. The van der Waals surface area contributed by atoms with Gasteiger partial charge in [-0.25, -0.2) is 4.79 Å². The van der Waals surface area contributed by atoms with Crippen LogP contribution in [0.4, 0.5) is 26.3 Å². The fraction of sp³-hybridized carbons (Fsp3) is 0.407. The molecule has 0 radical (unpaired) electrons. The molecular formula is C27H29F6N3O5. The Morgan fingerprint density at radius 3 is 2.32 bits per heavy atom. The Morgan fingerprint density at radius 1 is 1.00 bits per heavy atom. The highest BCUT2D eigenvalue weighted by molar-refractivity contribution is 6.05. The number of aryl methyl sites for hydroxylation is 1. The summed E-state index contributed by atoms with van der Waals surface area (Å²) >= 11 is 0. The van der Waals surface area contributed by atoms with Gasteiger partial charge in [0.05, 0.1) is 17.7 Å². The minimum Gasteiger partial charge on any atom is -0.488 e. The molecule has 0 saturated carbocycles. The second kappa shape index (κ2) is 13.6. The van der Waals surface area contributed by atoms with Crippen molar-refractivity contribution < 1.29 is 50.1 Å². The summed E-state index contributed by atoms with van der Waals surface area (Å²) in [6.45, 7) is 0.749. The molecule has 0 saturated heterocycles. The van der Waals surface area contributed by atoms with Crippen LogP contribution in [0.1, 0.15) is 29.3 Å². The van der Waals surface area contributed by atoms with E-state index in [0.717, 1.165) is 5.56 Å². The number of nitrogens with one attached hydrogen (secondary N) is 1. The van der Waals surface area contributed by atoms with Crippen LogP contribution in [0, 0.1) is 0 Å². The number of carbonyl (C=O) groups is 2. The number of benzene rings is 2. The number of fused-ring (bicyclic) bond motifs is 1. The first-order chi connectivity index (χ1) is 19.2. The van der Waals surface area contributed by atoms with Gasteiger partial charge in [0, 0.05) is 30.7 Å². The number of para-hydroxylation sites is 2. The molecule has 1 amide bonds. The standard InChI is InChI=1S/C27H29F6N3O5/c1-17(35-8-12-39-21-5-2-3-6-22(21)41-16-26(28,29)30)13-18-14-19-7-10-36(23(19)20(15-18)24(34)37)9-4-11-40-25(38)27(31,32)33/h2-3,5-7,10,14-15,17,35H,4,8-9,11-13,16H2,1H3,(H2,34,37). The van der Waals surface area contributed by atoms with Crippen molar-refractivity contribution in [2.24, 2.45) is 5.73 Å². The average molecular weight is 590 g/mol. The maximum atomic E-state index is 12.5. The Kier molecular flexibility index (Phi) is 10.5. The second-order valence-electron chi connectivity index (χ2n) is 9.20. The molecule has 0 bridgehead atoms. The molecule has 224 valence electrons. The zero-order chi connectivity index (χ0) is 30.2. The van der Waals surface area contributed by atoms with Crippen LogP contribution in [0.2, 0.25) is 0 Å². The predicted molar refractivity (Wildman–Crippen MR) is 137 cm³/mol. The van der Waals surface area contributed by atoms with Crippen LogP contribution < -0.4 is 20.5 Å². The number of esters is 1. The molecule has 1 aromatic heterocycles. The van der Waals surface area contributed by atoms with E-state index in [0.29, 0.717) is 23.9 Å². The zero-order valence-electron chi connectivity index (χ0n) is 22.0. The monoisotopic (exact) mass is 589 g/mol. The number of amides is 1. The number of hydrogen-bond acceptors (Lipinski definition) is 6. The van der Waals surface area contributed by atoms with Gasteiger partial charge < -0.3 is 29.8 Å². The van der Waals surface area contributed by atoms with Crippen molar-refractivity contribution in [2.75, 3.05) is 26.4 Å².